The third kappa shape index (κ3) is 3.87. The molecule has 0 aliphatic rings. The van der Waals surface area contributed by atoms with Crippen molar-refractivity contribution in [3.63, 3.8) is 0 Å². The molecule has 14 heavy (non-hydrogen) atoms. The molecule has 0 atom stereocenters. The highest BCUT2D eigenvalue weighted by Gasteiger charge is 2.15. The van der Waals surface area contributed by atoms with E-state index in [2.05, 4.69) is 36.2 Å². The molecule has 1 aromatic heterocycles. The number of nitrogens with one attached hydrogen (secondary N) is 1. The summed E-state index contributed by atoms with van der Waals surface area (Å²) in [4.78, 5) is 4.32. The molecule has 0 aliphatic carbocycles. The van der Waals surface area contributed by atoms with Crippen LogP contribution < -0.4 is 5.32 Å². The summed E-state index contributed by atoms with van der Waals surface area (Å²) in [5.74, 6) is 1.53. The van der Waals surface area contributed by atoms with Gasteiger partial charge in [0.05, 0.1) is 0 Å². The molecule has 1 heterocycles. The topological polar surface area (TPSA) is 51.0 Å². The highest BCUT2D eigenvalue weighted by molar-refractivity contribution is 4.90. The maximum Gasteiger partial charge on any atom is 0.227 e. The third-order valence-electron chi connectivity index (χ3n) is 1.79. The third-order valence-corrected chi connectivity index (χ3v) is 1.79. The highest BCUT2D eigenvalue weighted by Crippen LogP contribution is 2.18. The van der Waals surface area contributed by atoms with Crippen molar-refractivity contribution in [1.82, 2.24) is 15.5 Å². The van der Waals surface area contributed by atoms with Gasteiger partial charge >= 0.3 is 0 Å². The predicted molar refractivity (Wildman–Crippen MR) is 55.1 cm³/mol. The minimum atomic E-state index is 0.212. The molecule has 4 heteroatoms. The van der Waals surface area contributed by atoms with Gasteiger partial charge < -0.3 is 9.84 Å². The first-order chi connectivity index (χ1) is 6.51. The Hall–Kier alpha value is -0.900. The summed E-state index contributed by atoms with van der Waals surface area (Å²) in [6.07, 6.45) is 1.66. The summed E-state index contributed by atoms with van der Waals surface area (Å²) in [6, 6.07) is 0. The summed E-state index contributed by atoms with van der Waals surface area (Å²) < 4.78 is 5.11. The number of rotatable bonds is 4. The quantitative estimate of drug-likeness (QED) is 0.793. The Morgan fingerprint density at radius 1 is 1.36 bits per heavy atom. The van der Waals surface area contributed by atoms with Gasteiger partial charge in [0.15, 0.2) is 5.82 Å². The lowest BCUT2D eigenvalue weighted by Gasteiger charge is -2.14. The molecule has 0 aromatic carbocycles. The molecule has 0 unspecified atom stereocenters. The van der Waals surface area contributed by atoms with E-state index in [-0.39, 0.29) is 5.41 Å². The minimum Gasteiger partial charge on any atom is -0.339 e. The fourth-order valence-corrected chi connectivity index (χ4v) is 1.17. The van der Waals surface area contributed by atoms with E-state index in [1.54, 1.807) is 0 Å². The number of nitrogens with zero attached hydrogens (tertiary/aromatic N) is 2. The van der Waals surface area contributed by atoms with E-state index in [1.807, 2.05) is 7.05 Å². The zero-order valence-electron chi connectivity index (χ0n) is 9.42. The molecule has 0 radical (unpaired) electrons. The van der Waals surface area contributed by atoms with Crippen LogP contribution in [0.3, 0.4) is 0 Å². The molecule has 0 spiro atoms. The molecule has 1 aromatic rings. The van der Waals surface area contributed by atoms with Gasteiger partial charge in [-0.3, -0.25) is 0 Å². The fourth-order valence-electron chi connectivity index (χ4n) is 1.17. The van der Waals surface area contributed by atoms with Crippen LogP contribution in [-0.2, 0) is 12.8 Å². The van der Waals surface area contributed by atoms with E-state index in [0.29, 0.717) is 0 Å². The molecule has 0 saturated heterocycles. The first-order valence-corrected chi connectivity index (χ1v) is 4.97. The summed E-state index contributed by atoms with van der Waals surface area (Å²) in [6.45, 7) is 7.36. The summed E-state index contributed by atoms with van der Waals surface area (Å²) >= 11 is 0. The van der Waals surface area contributed by atoms with Crippen molar-refractivity contribution in [2.75, 3.05) is 13.6 Å². The summed E-state index contributed by atoms with van der Waals surface area (Å²) in [5, 5.41) is 6.99. The van der Waals surface area contributed by atoms with Crippen LogP contribution in [0.1, 0.15) is 32.5 Å². The predicted octanol–water partition coefficient (Wildman–Crippen LogP) is 1.42. The normalized spacial score (nSPS) is 12.0. The monoisotopic (exact) mass is 197 g/mol. The van der Waals surface area contributed by atoms with E-state index < -0.39 is 0 Å². The molecule has 80 valence electrons. The van der Waals surface area contributed by atoms with Gasteiger partial charge in [-0.15, -0.1) is 0 Å². The second kappa shape index (κ2) is 4.55. The Labute approximate surface area is 85.1 Å². The van der Waals surface area contributed by atoms with Crippen LogP contribution in [0.4, 0.5) is 0 Å². The van der Waals surface area contributed by atoms with Crippen LogP contribution in [0.2, 0.25) is 0 Å². The van der Waals surface area contributed by atoms with E-state index in [1.165, 1.54) is 0 Å². The summed E-state index contributed by atoms with van der Waals surface area (Å²) in [5.41, 5.74) is 0.212. The Morgan fingerprint density at radius 2 is 2.07 bits per heavy atom. The largest absolute Gasteiger partial charge is 0.339 e. The van der Waals surface area contributed by atoms with E-state index in [0.717, 1.165) is 31.1 Å². The zero-order chi connectivity index (χ0) is 10.6. The molecule has 1 N–H and O–H groups in total. The average Bonchev–Trinajstić information content (AvgIpc) is 2.46. The molecule has 0 fully saturated rings. The molecule has 0 amide bonds. The number of aromatic nitrogens is 2. The zero-order valence-corrected chi connectivity index (χ0v) is 9.42. The van der Waals surface area contributed by atoms with Crippen molar-refractivity contribution in [1.29, 1.82) is 0 Å². The van der Waals surface area contributed by atoms with Crippen molar-refractivity contribution in [2.45, 2.75) is 33.6 Å². The first-order valence-electron chi connectivity index (χ1n) is 4.97. The van der Waals surface area contributed by atoms with E-state index >= 15 is 0 Å². The van der Waals surface area contributed by atoms with Gasteiger partial charge in [-0.25, -0.2) is 0 Å². The Kier molecular flexibility index (Phi) is 3.63. The first kappa shape index (κ1) is 11.2. The van der Waals surface area contributed by atoms with E-state index in [4.69, 9.17) is 4.52 Å². The Balaban J connectivity index is 2.51. The van der Waals surface area contributed by atoms with Crippen molar-refractivity contribution >= 4 is 0 Å². The molecule has 0 saturated carbocycles. The van der Waals surface area contributed by atoms with Crippen LogP contribution in [0, 0.1) is 5.41 Å². The second-order valence-electron chi connectivity index (χ2n) is 4.70. The van der Waals surface area contributed by atoms with Gasteiger partial charge in [0, 0.05) is 19.4 Å². The van der Waals surface area contributed by atoms with Gasteiger partial charge in [-0.05, 0) is 12.5 Å². The second-order valence-corrected chi connectivity index (χ2v) is 4.70. The molecular formula is C10H19N3O. The van der Waals surface area contributed by atoms with Gasteiger partial charge in [0.25, 0.3) is 0 Å². The van der Waals surface area contributed by atoms with Crippen LogP contribution >= 0.6 is 0 Å². The minimum absolute atomic E-state index is 0.212. The van der Waals surface area contributed by atoms with Gasteiger partial charge in [-0.2, -0.15) is 4.98 Å². The summed E-state index contributed by atoms with van der Waals surface area (Å²) in [7, 11) is 1.91. The van der Waals surface area contributed by atoms with E-state index in [9.17, 15) is 0 Å². The van der Waals surface area contributed by atoms with Crippen molar-refractivity contribution in [3.05, 3.63) is 11.7 Å². The lowest BCUT2D eigenvalue weighted by Crippen LogP contribution is -2.11. The average molecular weight is 197 g/mol. The molecule has 0 bridgehead atoms. The Bertz CT molecular complexity index is 275. The molecular weight excluding hydrogens is 178 g/mol. The maximum atomic E-state index is 5.11. The lowest BCUT2D eigenvalue weighted by molar-refractivity contribution is 0.354. The smallest absolute Gasteiger partial charge is 0.227 e. The highest BCUT2D eigenvalue weighted by atomic mass is 16.5. The van der Waals surface area contributed by atoms with Crippen molar-refractivity contribution in [2.24, 2.45) is 5.41 Å². The van der Waals surface area contributed by atoms with Gasteiger partial charge in [-0.1, -0.05) is 25.9 Å². The Morgan fingerprint density at radius 3 is 2.64 bits per heavy atom. The number of hydrogen-bond donors (Lipinski definition) is 1. The van der Waals surface area contributed by atoms with Crippen LogP contribution in [0.5, 0.6) is 0 Å². The van der Waals surface area contributed by atoms with Crippen LogP contribution in [0.15, 0.2) is 4.52 Å². The number of likely N-dealkylation sites (N-methyl/N-ethyl adjacent to an activating group) is 1. The number of hydrogen-bond acceptors (Lipinski definition) is 4. The van der Waals surface area contributed by atoms with Gasteiger partial charge in [0.2, 0.25) is 5.89 Å². The van der Waals surface area contributed by atoms with Crippen molar-refractivity contribution in [3.8, 4) is 0 Å². The SMILES string of the molecule is CNCCc1nc(CC(C)(C)C)no1. The standard InChI is InChI=1S/C10H19N3O/c1-10(2,3)7-8-12-9(14-13-8)5-6-11-4/h11H,5-7H2,1-4H3. The molecule has 1 rings (SSSR count). The van der Waals surface area contributed by atoms with Crippen LogP contribution in [-0.4, -0.2) is 23.7 Å². The molecule has 0 aliphatic heterocycles. The fraction of sp³-hybridized carbons (Fsp3) is 0.800. The molecule has 4 nitrogen and oxygen atoms in total. The lowest BCUT2D eigenvalue weighted by atomic mass is 9.92. The van der Waals surface area contributed by atoms with Crippen LogP contribution in [0.25, 0.3) is 0 Å². The van der Waals surface area contributed by atoms with Crippen molar-refractivity contribution < 1.29 is 4.52 Å². The maximum absolute atomic E-state index is 5.11. The van der Waals surface area contributed by atoms with Gasteiger partial charge in [0.1, 0.15) is 0 Å².